The zero-order valence-electron chi connectivity index (χ0n) is 16.3. The summed E-state index contributed by atoms with van der Waals surface area (Å²) in [5.41, 5.74) is 2.81. The Bertz CT molecular complexity index is 1260. The average Bonchev–Trinajstić information content (AvgIpc) is 3.30. The maximum atomic E-state index is 13.3. The van der Waals surface area contributed by atoms with Crippen molar-refractivity contribution in [2.45, 2.75) is 26.8 Å². The normalized spacial score (nSPS) is 16.5. The van der Waals surface area contributed by atoms with E-state index in [1.165, 1.54) is 11.3 Å². The lowest BCUT2D eigenvalue weighted by Gasteiger charge is -2.24. The van der Waals surface area contributed by atoms with Crippen LogP contribution in [-0.4, -0.2) is 17.1 Å². The van der Waals surface area contributed by atoms with Crippen molar-refractivity contribution in [3.63, 3.8) is 0 Å². The van der Waals surface area contributed by atoms with Crippen LogP contribution >= 0.6 is 22.7 Å². The predicted octanol–water partition coefficient (Wildman–Crippen LogP) is 3.17. The standard InChI is InChI=1S/C22H20N2O3S2/c1-4-27-21(26)18-14(3)23-22-24(19(18)15-9-7-13(2)8-10-15)20(25)17(29-22)12-16-6-5-11-28-16/h5-12,19H,4H2,1-3H3. The molecule has 0 bridgehead atoms. The van der Waals surface area contributed by atoms with Gasteiger partial charge in [-0.15, -0.1) is 11.3 Å². The van der Waals surface area contributed by atoms with Crippen LogP contribution in [0.15, 0.2) is 62.8 Å². The Balaban J connectivity index is 1.97. The fraction of sp³-hybridized carbons (Fsp3) is 0.227. The number of esters is 1. The molecule has 0 spiro atoms. The van der Waals surface area contributed by atoms with Crippen LogP contribution in [0.4, 0.5) is 0 Å². The number of allylic oxidation sites excluding steroid dienone is 1. The van der Waals surface area contributed by atoms with Gasteiger partial charge in [0.25, 0.3) is 5.56 Å². The molecule has 3 heterocycles. The van der Waals surface area contributed by atoms with Gasteiger partial charge in [0, 0.05) is 4.88 Å². The van der Waals surface area contributed by atoms with Crippen molar-refractivity contribution >= 4 is 34.7 Å². The minimum atomic E-state index is -0.559. The summed E-state index contributed by atoms with van der Waals surface area (Å²) in [4.78, 5) is 32.3. The van der Waals surface area contributed by atoms with E-state index in [1.54, 1.807) is 29.8 Å². The van der Waals surface area contributed by atoms with Crippen LogP contribution in [0.3, 0.4) is 0 Å². The molecule has 0 amide bonds. The number of hydrogen-bond acceptors (Lipinski definition) is 6. The van der Waals surface area contributed by atoms with Crippen LogP contribution in [-0.2, 0) is 9.53 Å². The number of thiazole rings is 1. The number of fused-ring (bicyclic) bond motifs is 1. The first-order valence-corrected chi connectivity index (χ1v) is 11.0. The highest BCUT2D eigenvalue weighted by Gasteiger charge is 2.33. The summed E-state index contributed by atoms with van der Waals surface area (Å²) >= 11 is 2.91. The fourth-order valence-electron chi connectivity index (χ4n) is 3.36. The Morgan fingerprint density at radius 3 is 2.66 bits per heavy atom. The molecule has 0 radical (unpaired) electrons. The molecule has 3 aromatic rings. The molecule has 1 atom stereocenters. The summed E-state index contributed by atoms with van der Waals surface area (Å²) in [6.07, 6.45) is 1.88. The third-order valence-corrected chi connectivity index (χ3v) is 6.53. The Labute approximate surface area is 175 Å². The number of carbonyl (C=O) groups is 1. The van der Waals surface area contributed by atoms with Crippen molar-refractivity contribution in [3.05, 3.63) is 88.7 Å². The molecule has 2 aromatic heterocycles. The second kappa shape index (κ2) is 7.93. The summed E-state index contributed by atoms with van der Waals surface area (Å²) < 4.78 is 7.52. The fourth-order valence-corrected chi connectivity index (χ4v) is 5.13. The molecule has 7 heteroatoms. The maximum Gasteiger partial charge on any atom is 0.338 e. The molecule has 1 unspecified atom stereocenters. The van der Waals surface area contributed by atoms with Gasteiger partial charge in [-0.1, -0.05) is 47.2 Å². The number of aryl methyl sites for hydroxylation is 1. The van der Waals surface area contributed by atoms with E-state index in [-0.39, 0.29) is 12.2 Å². The number of benzene rings is 1. The van der Waals surface area contributed by atoms with Gasteiger partial charge in [0.1, 0.15) is 0 Å². The van der Waals surface area contributed by atoms with Crippen molar-refractivity contribution in [1.82, 2.24) is 4.57 Å². The van der Waals surface area contributed by atoms with Crippen LogP contribution in [0.2, 0.25) is 0 Å². The summed E-state index contributed by atoms with van der Waals surface area (Å²) in [6, 6.07) is 11.2. The van der Waals surface area contributed by atoms with E-state index in [4.69, 9.17) is 4.74 Å². The van der Waals surface area contributed by atoms with Crippen LogP contribution in [0.5, 0.6) is 0 Å². The Hall–Kier alpha value is -2.77. The van der Waals surface area contributed by atoms with Gasteiger partial charge in [-0.05, 0) is 43.9 Å². The van der Waals surface area contributed by atoms with Gasteiger partial charge in [0.05, 0.1) is 28.5 Å². The van der Waals surface area contributed by atoms with Gasteiger partial charge >= 0.3 is 5.97 Å². The van der Waals surface area contributed by atoms with E-state index >= 15 is 0 Å². The van der Waals surface area contributed by atoms with Crippen molar-refractivity contribution in [3.8, 4) is 0 Å². The molecular formula is C22H20N2O3S2. The molecule has 0 saturated carbocycles. The molecule has 1 aromatic carbocycles. The van der Waals surface area contributed by atoms with Gasteiger partial charge in [-0.2, -0.15) is 0 Å². The Morgan fingerprint density at radius 2 is 2.00 bits per heavy atom. The summed E-state index contributed by atoms with van der Waals surface area (Å²) in [6.45, 7) is 5.83. The van der Waals surface area contributed by atoms with Gasteiger partial charge in [-0.3, -0.25) is 9.36 Å². The minimum absolute atomic E-state index is 0.151. The SMILES string of the molecule is CCOC(=O)C1=C(C)N=c2sc(=Cc3cccs3)c(=O)n2C1c1ccc(C)cc1. The van der Waals surface area contributed by atoms with Crippen LogP contribution in [0, 0.1) is 6.92 Å². The second-order valence-electron chi connectivity index (χ2n) is 6.73. The zero-order valence-corrected chi connectivity index (χ0v) is 18.0. The lowest BCUT2D eigenvalue weighted by Crippen LogP contribution is -2.39. The Morgan fingerprint density at radius 1 is 1.24 bits per heavy atom. The maximum absolute atomic E-state index is 13.3. The highest BCUT2D eigenvalue weighted by molar-refractivity contribution is 7.11. The molecule has 1 aliphatic rings. The van der Waals surface area contributed by atoms with Crippen molar-refractivity contribution < 1.29 is 9.53 Å². The molecule has 1 aliphatic heterocycles. The molecule has 0 N–H and O–H groups in total. The first-order valence-electron chi connectivity index (χ1n) is 9.29. The number of aromatic nitrogens is 1. The smallest absolute Gasteiger partial charge is 0.338 e. The molecular weight excluding hydrogens is 404 g/mol. The van der Waals surface area contributed by atoms with E-state index < -0.39 is 12.0 Å². The topological polar surface area (TPSA) is 60.7 Å². The molecule has 0 saturated heterocycles. The minimum Gasteiger partial charge on any atom is -0.463 e. The summed E-state index contributed by atoms with van der Waals surface area (Å²) in [7, 11) is 0. The lowest BCUT2D eigenvalue weighted by molar-refractivity contribution is -0.139. The number of carbonyl (C=O) groups excluding carboxylic acids is 1. The van der Waals surface area contributed by atoms with E-state index in [0.717, 1.165) is 16.0 Å². The summed E-state index contributed by atoms with van der Waals surface area (Å²) in [5.74, 6) is -0.438. The highest BCUT2D eigenvalue weighted by Crippen LogP contribution is 2.30. The monoisotopic (exact) mass is 424 g/mol. The van der Waals surface area contributed by atoms with E-state index in [0.29, 0.717) is 20.6 Å². The number of hydrogen-bond donors (Lipinski definition) is 0. The molecule has 4 rings (SSSR count). The number of ether oxygens (including phenoxy) is 1. The molecule has 5 nitrogen and oxygen atoms in total. The predicted molar refractivity (Wildman–Crippen MR) is 116 cm³/mol. The van der Waals surface area contributed by atoms with Crippen LogP contribution in [0.25, 0.3) is 6.08 Å². The summed E-state index contributed by atoms with van der Waals surface area (Å²) in [5, 5.41) is 1.97. The van der Waals surface area contributed by atoms with Crippen molar-refractivity contribution in [2.24, 2.45) is 4.99 Å². The second-order valence-corrected chi connectivity index (χ2v) is 8.72. The number of thiophene rings is 1. The average molecular weight is 425 g/mol. The van der Waals surface area contributed by atoms with Gasteiger partial charge in [0.15, 0.2) is 4.80 Å². The molecule has 0 aliphatic carbocycles. The lowest BCUT2D eigenvalue weighted by atomic mass is 9.95. The third-order valence-electron chi connectivity index (χ3n) is 4.73. The Kier molecular flexibility index (Phi) is 5.34. The molecule has 29 heavy (non-hydrogen) atoms. The van der Waals surface area contributed by atoms with Gasteiger partial charge in [0.2, 0.25) is 0 Å². The molecule has 148 valence electrons. The van der Waals surface area contributed by atoms with Crippen LogP contribution in [0.1, 0.15) is 35.9 Å². The van der Waals surface area contributed by atoms with Crippen molar-refractivity contribution in [1.29, 1.82) is 0 Å². The zero-order chi connectivity index (χ0) is 20.5. The van der Waals surface area contributed by atoms with Gasteiger partial charge in [-0.25, -0.2) is 9.79 Å². The van der Waals surface area contributed by atoms with E-state index in [9.17, 15) is 9.59 Å². The first kappa shape index (κ1) is 19.5. The molecule has 0 fully saturated rings. The van der Waals surface area contributed by atoms with Gasteiger partial charge < -0.3 is 4.74 Å². The first-order chi connectivity index (χ1) is 14.0. The number of rotatable bonds is 4. The largest absolute Gasteiger partial charge is 0.463 e. The van der Waals surface area contributed by atoms with E-state index in [2.05, 4.69) is 4.99 Å². The third kappa shape index (κ3) is 3.63. The van der Waals surface area contributed by atoms with Crippen molar-refractivity contribution in [2.75, 3.05) is 6.61 Å². The number of nitrogens with zero attached hydrogens (tertiary/aromatic N) is 2. The van der Waals surface area contributed by atoms with Crippen LogP contribution < -0.4 is 14.9 Å². The quantitative estimate of drug-likeness (QED) is 0.605. The van der Waals surface area contributed by atoms with E-state index in [1.807, 2.05) is 54.8 Å². The highest BCUT2D eigenvalue weighted by atomic mass is 32.1.